The second-order valence-corrected chi connectivity index (χ2v) is 5.63. The van der Waals surface area contributed by atoms with Gasteiger partial charge in [-0.2, -0.15) is 0 Å². The average molecular weight is 341 g/mol. The van der Waals surface area contributed by atoms with E-state index in [4.69, 9.17) is 4.74 Å². The Kier molecular flexibility index (Phi) is 4.72. The Bertz CT molecular complexity index is 611. The Hall–Kier alpha value is -1.47. The van der Waals surface area contributed by atoms with Crippen molar-refractivity contribution in [2.45, 2.75) is 26.4 Å². The molecule has 0 aliphatic carbocycles. The van der Waals surface area contributed by atoms with Gasteiger partial charge < -0.3 is 4.74 Å². The van der Waals surface area contributed by atoms with Crippen LogP contribution in [0.1, 0.15) is 19.5 Å². The van der Waals surface area contributed by atoms with Crippen LogP contribution in [0.2, 0.25) is 0 Å². The van der Waals surface area contributed by atoms with E-state index in [9.17, 15) is 4.79 Å². The van der Waals surface area contributed by atoms with Crippen LogP contribution in [0.3, 0.4) is 0 Å². The molecule has 2 rings (SSSR count). The molecule has 0 saturated carbocycles. The molecular weight excluding hydrogens is 324 g/mol. The molecule has 0 amide bonds. The van der Waals surface area contributed by atoms with Crippen molar-refractivity contribution in [2.24, 2.45) is 5.92 Å². The first-order valence-corrected chi connectivity index (χ1v) is 7.11. The lowest BCUT2D eigenvalue weighted by Gasteiger charge is -2.19. The van der Waals surface area contributed by atoms with Crippen LogP contribution >= 0.6 is 15.9 Å². The molecule has 0 fully saturated rings. The summed E-state index contributed by atoms with van der Waals surface area (Å²) in [5.74, 6) is -0.105. The van der Waals surface area contributed by atoms with Gasteiger partial charge in [-0.05, 0) is 21.8 Å². The second-order valence-electron chi connectivity index (χ2n) is 4.81. The summed E-state index contributed by atoms with van der Waals surface area (Å²) in [6.45, 7) is 4.47. The zero-order valence-corrected chi connectivity index (χ0v) is 13.2. The Morgan fingerprint density at radius 3 is 2.85 bits per heavy atom. The molecule has 0 bridgehead atoms. The lowest BCUT2D eigenvalue weighted by molar-refractivity contribution is -0.144. The third-order valence-electron chi connectivity index (χ3n) is 3.07. The number of nitrogens with one attached hydrogen (secondary N) is 1. The molecule has 0 aliphatic rings. The smallest absolute Gasteiger partial charge is 0.323 e. The molecule has 0 aromatic carbocycles. The SMILES string of the molecule is COC(=O)C(NCc1cnc2cnc(Br)cn12)C(C)C. The summed E-state index contributed by atoms with van der Waals surface area (Å²) in [6, 6.07) is -0.337. The first-order chi connectivity index (χ1) is 9.52. The molecule has 0 spiro atoms. The number of nitrogens with zero attached hydrogens (tertiary/aromatic N) is 3. The van der Waals surface area contributed by atoms with Crippen LogP contribution in [0, 0.1) is 5.92 Å². The summed E-state index contributed by atoms with van der Waals surface area (Å²) >= 11 is 3.33. The van der Waals surface area contributed by atoms with E-state index in [1.807, 2.05) is 24.4 Å². The van der Waals surface area contributed by atoms with E-state index in [-0.39, 0.29) is 17.9 Å². The summed E-state index contributed by atoms with van der Waals surface area (Å²) in [7, 11) is 1.40. The quantitative estimate of drug-likeness (QED) is 0.840. The van der Waals surface area contributed by atoms with E-state index in [1.54, 1.807) is 12.4 Å². The number of aromatic nitrogens is 3. The fourth-order valence-electron chi connectivity index (χ4n) is 1.98. The highest BCUT2D eigenvalue weighted by molar-refractivity contribution is 9.10. The number of hydrogen-bond acceptors (Lipinski definition) is 5. The number of esters is 1. The highest BCUT2D eigenvalue weighted by Crippen LogP contribution is 2.11. The summed E-state index contributed by atoms with van der Waals surface area (Å²) in [5, 5.41) is 3.21. The van der Waals surface area contributed by atoms with Crippen LogP contribution in [-0.2, 0) is 16.1 Å². The predicted octanol–water partition coefficient (Wildman–Crippen LogP) is 1.78. The Morgan fingerprint density at radius 1 is 1.45 bits per heavy atom. The largest absolute Gasteiger partial charge is 0.468 e. The number of rotatable bonds is 5. The lowest BCUT2D eigenvalue weighted by atomic mass is 10.0. The maximum absolute atomic E-state index is 11.7. The number of fused-ring (bicyclic) bond motifs is 1. The topological polar surface area (TPSA) is 68.5 Å². The van der Waals surface area contributed by atoms with Gasteiger partial charge in [-0.25, -0.2) is 9.97 Å². The zero-order chi connectivity index (χ0) is 14.7. The Labute approximate surface area is 125 Å². The van der Waals surface area contributed by atoms with Gasteiger partial charge in [-0.3, -0.25) is 14.5 Å². The van der Waals surface area contributed by atoms with E-state index in [0.717, 1.165) is 15.9 Å². The highest BCUT2D eigenvalue weighted by Gasteiger charge is 2.22. The molecule has 2 aromatic rings. The molecule has 0 aliphatic heterocycles. The minimum atomic E-state index is -0.337. The van der Waals surface area contributed by atoms with Gasteiger partial charge in [-0.1, -0.05) is 13.8 Å². The molecule has 1 atom stereocenters. The predicted molar refractivity (Wildman–Crippen MR) is 78.2 cm³/mol. The minimum absolute atomic E-state index is 0.148. The van der Waals surface area contributed by atoms with Crippen LogP contribution in [0.4, 0.5) is 0 Å². The Morgan fingerprint density at radius 2 is 2.20 bits per heavy atom. The minimum Gasteiger partial charge on any atom is -0.468 e. The summed E-state index contributed by atoms with van der Waals surface area (Å²) in [5.41, 5.74) is 1.72. The number of hydrogen-bond donors (Lipinski definition) is 1. The number of methoxy groups -OCH3 is 1. The fraction of sp³-hybridized carbons (Fsp3) is 0.462. The van der Waals surface area contributed by atoms with Gasteiger partial charge >= 0.3 is 5.97 Å². The summed E-state index contributed by atoms with van der Waals surface area (Å²) < 4.78 is 7.47. The van der Waals surface area contributed by atoms with Crippen molar-refractivity contribution in [3.8, 4) is 0 Å². The van der Waals surface area contributed by atoms with Crippen molar-refractivity contribution in [3.05, 3.63) is 28.9 Å². The molecule has 108 valence electrons. The van der Waals surface area contributed by atoms with Crippen molar-refractivity contribution < 1.29 is 9.53 Å². The van der Waals surface area contributed by atoms with Gasteiger partial charge in [0, 0.05) is 12.7 Å². The zero-order valence-electron chi connectivity index (χ0n) is 11.6. The fourth-order valence-corrected chi connectivity index (χ4v) is 2.29. The molecular formula is C13H17BrN4O2. The van der Waals surface area contributed by atoms with Crippen molar-refractivity contribution in [1.29, 1.82) is 0 Å². The number of ether oxygens (including phenoxy) is 1. The monoisotopic (exact) mass is 340 g/mol. The van der Waals surface area contributed by atoms with E-state index in [0.29, 0.717) is 6.54 Å². The molecule has 6 nitrogen and oxygen atoms in total. The molecule has 2 heterocycles. The summed E-state index contributed by atoms with van der Waals surface area (Å²) in [4.78, 5) is 20.1. The van der Waals surface area contributed by atoms with Crippen LogP contribution < -0.4 is 5.32 Å². The Balaban J connectivity index is 2.15. The molecule has 7 heteroatoms. The van der Waals surface area contributed by atoms with Crippen molar-refractivity contribution in [2.75, 3.05) is 7.11 Å². The van der Waals surface area contributed by atoms with Gasteiger partial charge in [0.05, 0.1) is 25.2 Å². The highest BCUT2D eigenvalue weighted by atomic mass is 79.9. The first-order valence-electron chi connectivity index (χ1n) is 6.31. The maximum Gasteiger partial charge on any atom is 0.323 e. The van der Waals surface area contributed by atoms with Crippen molar-refractivity contribution in [1.82, 2.24) is 19.7 Å². The lowest BCUT2D eigenvalue weighted by Crippen LogP contribution is -2.41. The normalized spacial score (nSPS) is 12.8. The van der Waals surface area contributed by atoms with Gasteiger partial charge in [0.2, 0.25) is 0 Å². The van der Waals surface area contributed by atoms with Gasteiger partial charge in [0.25, 0.3) is 0 Å². The van der Waals surface area contributed by atoms with E-state index >= 15 is 0 Å². The first kappa shape index (κ1) is 14.9. The van der Waals surface area contributed by atoms with Crippen molar-refractivity contribution >= 4 is 27.5 Å². The van der Waals surface area contributed by atoms with Crippen LogP contribution in [0.25, 0.3) is 5.65 Å². The van der Waals surface area contributed by atoms with Gasteiger partial charge in [0.15, 0.2) is 5.65 Å². The number of carbonyl (C=O) groups excluding carboxylic acids is 1. The van der Waals surface area contributed by atoms with Crippen LogP contribution in [-0.4, -0.2) is 33.5 Å². The second kappa shape index (κ2) is 6.32. The molecule has 1 N–H and O–H groups in total. The van der Waals surface area contributed by atoms with Crippen LogP contribution in [0.15, 0.2) is 23.2 Å². The third kappa shape index (κ3) is 3.16. The molecule has 0 saturated heterocycles. The number of halogens is 1. The van der Waals surface area contributed by atoms with Crippen LogP contribution in [0.5, 0.6) is 0 Å². The van der Waals surface area contributed by atoms with Gasteiger partial charge in [-0.15, -0.1) is 0 Å². The molecule has 1 unspecified atom stereocenters. The molecule has 2 aromatic heterocycles. The van der Waals surface area contributed by atoms with Gasteiger partial charge in [0.1, 0.15) is 10.6 Å². The average Bonchev–Trinajstić information content (AvgIpc) is 2.80. The summed E-state index contributed by atoms with van der Waals surface area (Å²) in [6.07, 6.45) is 5.31. The standard InChI is InChI=1S/C13H17BrN4O2/c1-8(2)12(13(19)20-3)17-5-9-4-16-11-6-15-10(14)7-18(9)11/h4,6-8,12,17H,5H2,1-3H3. The number of carbonyl (C=O) groups is 1. The molecule has 20 heavy (non-hydrogen) atoms. The van der Waals surface area contributed by atoms with E-state index < -0.39 is 0 Å². The van der Waals surface area contributed by atoms with Crippen molar-refractivity contribution in [3.63, 3.8) is 0 Å². The molecule has 0 radical (unpaired) electrons. The number of imidazole rings is 1. The third-order valence-corrected chi connectivity index (χ3v) is 3.48. The maximum atomic E-state index is 11.7. The van der Waals surface area contributed by atoms with E-state index in [2.05, 4.69) is 31.2 Å². The van der Waals surface area contributed by atoms with E-state index in [1.165, 1.54) is 7.11 Å².